The topological polar surface area (TPSA) is 55.8 Å². The minimum atomic E-state index is -0.0808. The Kier molecular flexibility index (Phi) is 5.72. The molecule has 1 saturated heterocycles. The van der Waals surface area contributed by atoms with Crippen molar-refractivity contribution in [1.29, 1.82) is 0 Å². The maximum Gasteiger partial charge on any atom is 0.233 e. The Morgan fingerprint density at radius 1 is 1.00 bits per heavy atom. The second kappa shape index (κ2) is 7.79. The zero-order valence-corrected chi connectivity index (χ0v) is 14.8. The van der Waals surface area contributed by atoms with Crippen LogP contribution < -0.4 is 0 Å². The number of ether oxygens (including phenoxy) is 2. The number of hydrogen-bond donors (Lipinski definition) is 0. The fourth-order valence-corrected chi connectivity index (χ4v) is 4.15. The summed E-state index contributed by atoms with van der Waals surface area (Å²) >= 11 is 0. The summed E-state index contributed by atoms with van der Waals surface area (Å²) in [6, 6.07) is 0. The molecule has 5 nitrogen and oxygen atoms in total. The van der Waals surface area contributed by atoms with Crippen molar-refractivity contribution in [3.05, 3.63) is 12.2 Å². The summed E-state index contributed by atoms with van der Waals surface area (Å²) in [5, 5.41) is 0. The van der Waals surface area contributed by atoms with Crippen molar-refractivity contribution >= 4 is 11.8 Å². The average molecular weight is 335 g/mol. The van der Waals surface area contributed by atoms with E-state index in [2.05, 4.69) is 26.0 Å². The monoisotopic (exact) mass is 335 g/mol. The van der Waals surface area contributed by atoms with Crippen LogP contribution in [-0.2, 0) is 19.1 Å². The van der Waals surface area contributed by atoms with E-state index in [0.29, 0.717) is 50.5 Å². The Hall–Kier alpha value is -1.20. The lowest BCUT2D eigenvalue weighted by Gasteiger charge is -2.17. The number of imide groups is 1. The van der Waals surface area contributed by atoms with Crippen LogP contribution in [0.4, 0.5) is 0 Å². The molecule has 24 heavy (non-hydrogen) atoms. The van der Waals surface area contributed by atoms with Crippen molar-refractivity contribution in [2.75, 3.05) is 33.0 Å². The standard InChI is InChI=1S/C19H29NO4/c1-13(2)6-9-24-11-10-23-8-3-7-20-18(21)16-14-4-5-15(12-14)17(16)19(20)22/h4-5,13-17H,3,6-12H2,1-2H3. The molecule has 0 aromatic rings. The van der Waals surface area contributed by atoms with E-state index in [4.69, 9.17) is 9.47 Å². The normalized spacial score (nSPS) is 30.9. The predicted molar refractivity (Wildman–Crippen MR) is 90.1 cm³/mol. The van der Waals surface area contributed by atoms with Crippen LogP contribution in [0.1, 0.15) is 33.1 Å². The fourth-order valence-electron chi connectivity index (χ4n) is 4.15. The first kappa shape index (κ1) is 17.6. The lowest BCUT2D eigenvalue weighted by molar-refractivity contribution is -0.140. The number of carbonyl (C=O) groups excluding carboxylic acids is 2. The summed E-state index contributed by atoms with van der Waals surface area (Å²) in [5.41, 5.74) is 0. The summed E-state index contributed by atoms with van der Waals surface area (Å²) in [4.78, 5) is 26.5. The van der Waals surface area contributed by atoms with Crippen LogP contribution in [0.15, 0.2) is 12.2 Å². The Morgan fingerprint density at radius 3 is 2.17 bits per heavy atom. The van der Waals surface area contributed by atoms with Gasteiger partial charge >= 0.3 is 0 Å². The quantitative estimate of drug-likeness (QED) is 0.349. The maximum absolute atomic E-state index is 12.5. The van der Waals surface area contributed by atoms with Crippen LogP contribution in [0.25, 0.3) is 0 Å². The molecule has 0 N–H and O–H groups in total. The lowest BCUT2D eigenvalue weighted by atomic mass is 9.85. The number of carbonyl (C=O) groups is 2. The average Bonchev–Trinajstić information content (AvgIpc) is 3.21. The molecule has 2 fully saturated rings. The SMILES string of the molecule is CC(C)CCOCCOCCCN1C(=O)C2C3C=CC(C3)C2C1=O. The predicted octanol–water partition coefficient (Wildman–Crippen LogP) is 2.26. The zero-order valence-electron chi connectivity index (χ0n) is 14.8. The number of nitrogens with zero attached hydrogens (tertiary/aromatic N) is 1. The third-order valence-electron chi connectivity index (χ3n) is 5.44. The molecule has 0 aromatic carbocycles. The van der Waals surface area contributed by atoms with E-state index in [1.54, 1.807) is 0 Å². The number of rotatable bonds is 10. The van der Waals surface area contributed by atoms with Gasteiger partial charge in [0.05, 0.1) is 25.0 Å². The summed E-state index contributed by atoms with van der Waals surface area (Å²) in [6.45, 7) is 7.35. The molecule has 4 unspecified atom stereocenters. The smallest absolute Gasteiger partial charge is 0.233 e. The van der Waals surface area contributed by atoms with Crippen molar-refractivity contribution in [3.8, 4) is 0 Å². The molecule has 134 valence electrons. The van der Waals surface area contributed by atoms with Crippen molar-refractivity contribution in [2.24, 2.45) is 29.6 Å². The van der Waals surface area contributed by atoms with E-state index in [9.17, 15) is 9.59 Å². The van der Waals surface area contributed by atoms with Crippen molar-refractivity contribution in [1.82, 2.24) is 4.90 Å². The third kappa shape index (κ3) is 3.57. The van der Waals surface area contributed by atoms with E-state index in [1.165, 1.54) is 4.90 Å². The summed E-state index contributed by atoms with van der Waals surface area (Å²) in [7, 11) is 0. The summed E-state index contributed by atoms with van der Waals surface area (Å²) in [6.07, 6.45) is 7.01. The highest BCUT2D eigenvalue weighted by Gasteiger charge is 2.58. The molecule has 1 aliphatic heterocycles. The van der Waals surface area contributed by atoms with Gasteiger partial charge in [0.1, 0.15) is 0 Å². The van der Waals surface area contributed by atoms with E-state index >= 15 is 0 Å². The van der Waals surface area contributed by atoms with E-state index in [-0.39, 0.29) is 23.7 Å². The minimum absolute atomic E-state index is 0.0406. The fraction of sp³-hybridized carbons (Fsp3) is 0.789. The van der Waals surface area contributed by atoms with Gasteiger partial charge in [-0.25, -0.2) is 0 Å². The lowest BCUT2D eigenvalue weighted by Crippen LogP contribution is -2.34. The molecule has 1 heterocycles. The molecule has 0 aromatic heterocycles. The molecule has 2 amide bonds. The molecule has 0 radical (unpaired) electrons. The molecule has 0 spiro atoms. The number of allylic oxidation sites excluding steroid dienone is 2. The van der Waals surface area contributed by atoms with Crippen LogP contribution >= 0.6 is 0 Å². The Balaban J connectivity index is 1.29. The minimum Gasteiger partial charge on any atom is -0.379 e. The number of fused-ring (bicyclic) bond motifs is 5. The number of likely N-dealkylation sites (tertiary alicyclic amines) is 1. The van der Waals surface area contributed by atoms with Gasteiger partial charge in [-0.1, -0.05) is 26.0 Å². The summed E-state index contributed by atoms with van der Waals surface area (Å²) < 4.78 is 11.0. The Labute approximate surface area is 144 Å². The van der Waals surface area contributed by atoms with Crippen molar-refractivity contribution in [2.45, 2.75) is 33.1 Å². The highest BCUT2D eigenvalue weighted by Crippen LogP contribution is 2.52. The molecule has 5 heteroatoms. The second-order valence-electron chi connectivity index (χ2n) is 7.59. The highest BCUT2D eigenvalue weighted by molar-refractivity contribution is 6.06. The van der Waals surface area contributed by atoms with Gasteiger partial charge in [0.25, 0.3) is 0 Å². The number of hydrogen-bond acceptors (Lipinski definition) is 4. The second-order valence-corrected chi connectivity index (χ2v) is 7.59. The third-order valence-corrected chi connectivity index (χ3v) is 5.44. The molecular weight excluding hydrogens is 306 g/mol. The Morgan fingerprint density at radius 2 is 1.58 bits per heavy atom. The summed E-state index contributed by atoms with van der Waals surface area (Å²) in [5.74, 6) is 1.16. The van der Waals surface area contributed by atoms with Gasteiger partial charge in [0.2, 0.25) is 11.8 Å². The van der Waals surface area contributed by atoms with Gasteiger partial charge in [-0.2, -0.15) is 0 Å². The Bertz CT molecular complexity index is 472. The van der Waals surface area contributed by atoms with Gasteiger partial charge in [0.15, 0.2) is 0 Å². The van der Waals surface area contributed by atoms with E-state index < -0.39 is 0 Å². The van der Waals surface area contributed by atoms with Crippen LogP contribution in [0.2, 0.25) is 0 Å². The first-order valence-electron chi connectivity index (χ1n) is 9.28. The van der Waals surface area contributed by atoms with E-state index in [1.807, 2.05) is 0 Å². The molecule has 3 aliphatic rings. The van der Waals surface area contributed by atoms with Crippen LogP contribution in [0.3, 0.4) is 0 Å². The molecule has 2 aliphatic carbocycles. The zero-order chi connectivity index (χ0) is 17.1. The first-order chi connectivity index (χ1) is 11.6. The van der Waals surface area contributed by atoms with Crippen LogP contribution in [0, 0.1) is 29.6 Å². The van der Waals surface area contributed by atoms with Crippen molar-refractivity contribution in [3.63, 3.8) is 0 Å². The van der Waals surface area contributed by atoms with Gasteiger partial charge in [-0.3, -0.25) is 14.5 Å². The van der Waals surface area contributed by atoms with Crippen molar-refractivity contribution < 1.29 is 19.1 Å². The molecule has 2 bridgehead atoms. The molecular formula is C19H29NO4. The largest absolute Gasteiger partial charge is 0.379 e. The van der Waals surface area contributed by atoms with Gasteiger partial charge < -0.3 is 9.47 Å². The first-order valence-corrected chi connectivity index (χ1v) is 9.28. The number of amides is 2. The highest BCUT2D eigenvalue weighted by atomic mass is 16.5. The molecule has 4 atom stereocenters. The van der Waals surface area contributed by atoms with Gasteiger partial charge in [-0.05, 0) is 37.0 Å². The van der Waals surface area contributed by atoms with E-state index in [0.717, 1.165) is 19.4 Å². The van der Waals surface area contributed by atoms with Crippen LogP contribution in [0.5, 0.6) is 0 Å². The maximum atomic E-state index is 12.5. The molecule has 1 saturated carbocycles. The van der Waals surface area contributed by atoms with Crippen LogP contribution in [-0.4, -0.2) is 49.7 Å². The van der Waals surface area contributed by atoms with Gasteiger partial charge in [0, 0.05) is 19.8 Å². The molecule has 3 rings (SSSR count). The van der Waals surface area contributed by atoms with Gasteiger partial charge in [-0.15, -0.1) is 0 Å².